The SMILES string of the molecule is CC(=O)Nc1cccc(-c2cc3ncnc(N)c3cc2C(N)=O)c1. The molecule has 24 heavy (non-hydrogen) atoms. The Kier molecular flexibility index (Phi) is 3.83. The van der Waals surface area contributed by atoms with E-state index in [0.29, 0.717) is 27.7 Å². The van der Waals surface area contributed by atoms with Crippen LogP contribution in [0.15, 0.2) is 42.7 Å². The van der Waals surface area contributed by atoms with Crippen LogP contribution >= 0.6 is 0 Å². The predicted octanol–water partition coefficient (Wildman–Crippen LogP) is 1.94. The van der Waals surface area contributed by atoms with Crippen molar-refractivity contribution in [3.8, 4) is 11.1 Å². The first kappa shape index (κ1) is 15.4. The van der Waals surface area contributed by atoms with E-state index >= 15 is 0 Å². The molecule has 0 unspecified atom stereocenters. The van der Waals surface area contributed by atoms with Gasteiger partial charge in [0, 0.05) is 23.6 Å². The van der Waals surface area contributed by atoms with Crippen molar-refractivity contribution in [2.75, 3.05) is 11.1 Å². The lowest BCUT2D eigenvalue weighted by Gasteiger charge is -2.11. The molecule has 120 valence electrons. The standard InChI is InChI=1S/C17H15N5O2/c1-9(23)22-11-4-2-3-10(5-11)12-7-15-14(6-13(12)17(19)24)16(18)21-8-20-15/h2-8H,1H3,(H2,19,24)(H,22,23)(H2,18,20,21). The molecule has 3 rings (SSSR count). The van der Waals surface area contributed by atoms with Crippen molar-refractivity contribution in [2.45, 2.75) is 6.92 Å². The van der Waals surface area contributed by atoms with Crippen molar-refractivity contribution in [3.63, 3.8) is 0 Å². The van der Waals surface area contributed by atoms with E-state index in [0.717, 1.165) is 5.56 Å². The van der Waals surface area contributed by atoms with Crippen LogP contribution in [0.25, 0.3) is 22.0 Å². The second-order valence-corrected chi connectivity index (χ2v) is 5.30. The summed E-state index contributed by atoms with van der Waals surface area (Å²) < 4.78 is 0. The van der Waals surface area contributed by atoms with Crippen LogP contribution < -0.4 is 16.8 Å². The van der Waals surface area contributed by atoms with Gasteiger partial charge in [-0.1, -0.05) is 12.1 Å². The molecule has 1 heterocycles. The van der Waals surface area contributed by atoms with Crippen molar-refractivity contribution in [1.29, 1.82) is 0 Å². The van der Waals surface area contributed by atoms with E-state index in [1.165, 1.54) is 13.3 Å². The number of hydrogen-bond donors (Lipinski definition) is 3. The van der Waals surface area contributed by atoms with E-state index in [-0.39, 0.29) is 11.7 Å². The summed E-state index contributed by atoms with van der Waals surface area (Å²) in [6.45, 7) is 1.43. The Bertz CT molecular complexity index is 968. The zero-order chi connectivity index (χ0) is 17.3. The molecule has 0 saturated carbocycles. The van der Waals surface area contributed by atoms with Crippen molar-refractivity contribution in [3.05, 3.63) is 48.3 Å². The highest BCUT2D eigenvalue weighted by Gasteiger charge is 2.14. The van der Waals surface area contributed by atoms with Gasteiger partial charge in [0.05, 0.1) is 5.52 Å². The highest BCUT2D eigenvalue weighted by molar-refractivity contribution is 6.06. The topological polar surface area (TPSA) is 124 Å². The van der Waals surface area contributed by atoms with Crippen molar-refractivity contribution in [2.24, 2.45) is 5.73 Å². The number of nitrogen functional groups attached to an aromatic ring is 1. The van der Waals surface area contributed by atoms with Crippen LogP contribution in [0, 0.1) is 0 Å². The second-order valence-electron chi connectivity index (χ2n) is 5.30. The number of nitrogens with zero attached hydrogens (tertiary/aromatic N) is 2. The quantitative estimate of drug-likeness (QED) is 0.680. The fourth-order valence-corrected chi connectivity index (χ4v) is 2.53. The van der Waals surface area contributed by atoms with Crippen LogP contribution in [0.3, 0.4) is 0 Å². The summed E-state index contributed by atoms with van der Waals surface area (Å²) in [5, 5.41) is 3.27. The molecule has 2 amide bonds. The summed E-state index contributed by atoms with van der Waals surface area (Å²) >= 11 is 0. The molecule has 0 bridgehead atoms. The van der Waals surface area contributed by atoms with E-state index in [9.17, 15) is 9.59 Å². The molecule has 0 fully saturated rings. The molecule has 7 heteroatoms. The number of primary amides is 1. The monoisotopic (exact) mass is 321 g/mol. The van der Waals surface area contributed by atoms with Crippen molar-refractivity contribution >= 4 is 34.2 Å². The third kappa shape index (κ3) is 2.87. The number of nitrogens with one attached hydrogen (secondary N) is 1. The van der Waals surface area contributed by atoms with E-state index in [4.69, 9.17) is 11.5 Å². The van der Waals surface area contributed by atoms with Gasteiger partial charge < -0.3 is 16.8 Å². The van der Waals surface area contributed by atoms with Crippen LogP contribution in [0.4, 0.5) is 11.5 Å². The Morgan fingerprint density at radius 2 is 1.92 bits per heavy atom. The van der Waals surface area contributed by atoms with Gasteiger partial charge in [-0.2, -0.15) is 0 Å². The molecule has 0 radical (unpaired) electrons. The number of benzene rings is 2. The Morgan fingerprint density at radius 1 is 1.12 bits per heavy atom. The van der Waals surface area contributed by atoms with Gasteiger partial charge >= 0.3 is 0 Å². The number of aromatic nitrogens is 2. The van der Waals surface area contributed by atoms with Crippen LogP contribution in [-0.4, -0.2) is 21.8 Å². The Morgan fingerprint density at radius 3 is 2.62 bits per heavy atom. The lowest BCUT2D eigenvalue weighted by Crippen LogP contribution is -2.13. The van der Waals surface area contributed by atoms with Gasteiger partial charge in [0.25, 0.3) is 0 Å². The molecule has 7 nitrogen and oxygen atoms in total. The average molecular weight is 321 g/mol. The second kappa shape index (κ2) is 5.96. The van der Waals surface area contributed by atoms with Gasteiger partial charge in [0.1, 0.15) is 12.1 Å². The molecular formula is C17H15N5O2. The highest BCUT2D eigenvalue weighted by atomic mass is 16.1. The molecule has 0 atom stereocenters. The van der Waals surface area contributed by atoms with Crippen molar-refractivity contribution in [1.82, 2.24) is 9.97 Å². The summed E-state index contributed by atoms with van der Waals surface area (Å²) in [7, 11) is 0. The Labute approximate surface area is 137 Å². The maximum absolute atomic E-state index is 11.9. The van der Waals surface area contributed by atoms with Gasteiger partial charge in [-0.05, 0) is 35.4 Å². The minimum absolute atomic E-state index is 0.179. The third-order valence-corrected chi connectivity index (χ3v) is 3.56. The first-order chi connectivity index (χ1) is 11.5. The summed E-state index contributed by atoms with van der Waals surface area (Å²) in [5.74, 6) is -0.484. The van der Waals surface area contributed by atoms with Crippen LogP contribution in [0.2, 0.25) is 0 Å². The smallest absolute Gasteiger partial charge is 0.249 e. The van der Waals surface area contributed by atoms with E-state index in [1.807, 2.05) is 6.07 Å². The first-order valence-electron chi connectivity index (χ1n) is 7.18. The Hall–Kier alpha value is -3.48. The molecule has 3 aromatic rings. The van der Waals surface area contributed by atoms with Gasteiger partial charge in [-0.15, -0.1) is 0 Å². The summed E-state index contributed by atoms with van der Waals surface area (Å²) in [6, 6.07) is 10.5. The van der Waals surface area contributed by atoms with Gasteiger partial charge in [0.15, 0.2) is 0 Å². The molecule has 0 spiro atoms. The van der Waals surface area contributed by atoms with Gasteiger partial charge in [0.2, 0.25) is 11.8 Å². The summed E-state index contributed by atoms with van der Waals surface area (Å²) in [5.41, 5.74) is 14.2. The number of hydrogen-bond acceptors (Lipinski definition) is 5. The number of carbonyl (C=O) groups excluding carboxylic acids is 2. The predicted molar refractivity (Wildman–Crippen MR) is 92.2 cm³/mol. The minimum atomic E-state index is -0.583. The lowest BCUT2D eigenvalue weighted by atomic mass is 9.96. The number of rotatable bonds is 3. The first-order valence-corrected chi connectivity index (χ1v) is 7.18. The normalized spacial score (nSPS) is 10.5. The zero-order valence-corrected chi connectivity index (χ0v) is 12.9. The van der Waals surface area contributed by atoms with Crippen molar-refractivity contribution < 1.29 is 9.59 Å². The number of anilines is 2. The third-order valence-electron chi connectivity index (χ3n) is 3.56. The molecule has 5 N–H and O–H groups in total. The molecule has 2 aromatic carbocycles. The van der Waals surface area contributed by atoms with Gasteiger partial charge in [-0.3, -0.25) is 9.59 Å². The molecule has 0 aliphatic rings. The fourth-order valence-electron chi connectivity index (χ4n) is 2.53. The van der Waals surface area contributed by atoms with Crippen LogP contribution in [0.5, 0.6) is 0 Å². The van der Waals surface area contributed by atoms with E-state index in [1.54, 1.807) is 30.3 Å². The average Bonchev–Trinajstić information content (AvgIpc) is 2.53. The molecule has 0 saturated heterocycles. The fraction of sp³-hybridized carbons (Fsp3) is 0.0588. The molecule has 0 aliphatic carbocycles. The summed E-state index contributed by atoms with van der Waals surface area (Å²) in [6.07, 6.45) is 1.36. The number of fused-ring (bicyclic) bond motifs is 1. The minimum Gasteiger partial charge on any atom is -0.383 e. The van der Waals surface area contributed by atoms with E-state index < -0.39 is 5.91 Å². The van der Waals surface area contributed by atoms with Crippen LogP contribution in [0.1, 0.15) is 17.3 Å². The maximum Gasteiger partial charge on any atom is 0.249 e. The number of carbonyl (C=O) groups is 2. The van der Waals surface area contributed by atoms with Crippen LogP contribution in [-0.2, 0) is 4.79 Å². The molecule has 1 aromatic heterocycles. The molecular weight excluding hydrogens is 306 g/mol. The largest absolute Gasteiger partial charge is 0.383 e. The van der Waals surface area contributed by atoms with Gasteiger partial charge in [-0.25, -0.2) is 9.97 Å². The molecule has 0 aliphatic heterocycles. The number of amides is 2. The zero-order valence-electron chi connectivity index (χ0n) is 12.9. The highest BCUT2D eigenvalue weighted by Crippen LogP contribution is 2.30. The number of nitrogens with two attached hydrogens (primary N) is 2. The lowest BCUT2D eigenvalue weighted by molar-refractivity contribution is -0.114. The maximum atomic E-state index is 11.9. The summed E-state index contributed by atoms with van der Waals surface area (Å²) in [4.78, 5) is 31.2. The Balaban J connectivity index is 2.23. The van der Waals surface area contributed by atoms with E-state index in [2.05, 4.69) is 15.3 Å².